The topological polar surface area (TPSA) is 108 Å². The van der Waals surface area contributed by atoms with Gasteiger partial charge < -0.3 is 14.2 Å². The second kappa shape index (κ2) is 11.2. The number of sulfonamides is 1. The van der Waals surface area contributed by atoms with E-state index in [2.05, 4.69) is 9.97 Å². The maximum atomic E-state index is 13.7. The van der Waals surface area contributed by atoms with Gasteiger partial charge in [-0.3, -0.25) is 4.79 Å². The van der Waals surface area contributed by atoms with Crippen molar-refractivity contribution in [2.75, 3.05) is 24.7 Å². The maximum absolute atomic E-state index is 13.7. The van der Waals surface area contributed by atoms with Crippen LogP contribution in [0.25, 0.3) is 17.3 Å². The molecule has 37 heavy (non-hydrogen) atoms. The minimum absolute atomic E-state index is 0.0178. The molecule has 0 bridgehead atoms. The van der Waals surface area contributed by atoms with Crippen molar-refractivity contribution in [3.05, 3.63) is 47.4 Å². The molecule has 2 atom stereocenters. The summed E-state index contributed by atoms with van der Waals surface area (Å²) in [5, 5.41) is 0. The number of nitrogens with zero attached hydrogens (tertiary/aromatic N) is 3. The van der Waals surface area contributed by atoms with Crippen LogP contribution in [0.4, 0.5) is 10.3 Å². The van der Waals surface area contributed by atoms with Crippen LogP contribution in [0, 0.1) is 5.82 Å². The van der Waals surface area contributed by atoms with Gasteiger partial charge in [-0.15, -0.1) is 0 Å². The Balaban J connectivity index is 2.10. The highest BCUT2D eigenvalue weighted by molar-refractivity contribution is 7.92. The van der Waals surface area contributed by atoms with E-state index in [-0.39, 0.29) is 24.3 Å². The number of rotatable bonds is 8. The summed E-state index contributed by atoms with van der Waals surface area (Å²) in [4.78, 5) is 21.0. The second-order valence-corrected chi connectivity index (χ2v) is 11.7. The minimum Gasteiger partial charge on any atom is -0.469 e. The van der Waals surface area contributed by atoms with Crippen LogP contribution in [0.5, 0.6) is 0 Å². The summed E-state index contributed by atoms with van der Waals surface area (Å²) in [7, 11) is -0.899. The molecule has 2 heterocycles. The predicted molar refractivity (Wildman–Crippen MR) is 139 cm³/mol. The highest BCUT2D eigenvalue weighted by Gasteiger charge is 2.35. The fraction of sp³-hybridized carbons (Fsp3) is 0.500. The van der Waals surface area contributed by atoms with E-state index in [0.29, 0.717) is 28.9 Å². The summed E-state index contributed by atoms with van der Waals surface area (Å²) < 4.78 is 55.9. The molecule has 2 aromatic rings. The lowest BCUT2D eigenvalue weighted by molar-refractivity contribution is -0.290. The van der Waals surface area contributed by atoms with Crippen LogP contribution < -0.4 is 4.31 Å². The van der Waals surface area contributed by atoms with Gasteiger partial charge in [-0.25, -0.2) is 27.1 Å². The van der Waals surface area contributed by atoms with Crippen LogP contribution in [0.1, 0.15) is 57.7 Å². The zero-order chi connectivity index (χ0) is 27.5. The van der Waals surface area contributed by atoms with E-state index in [4.69, 9.17) is 14.2 Å². The van der Waals surface area contributed by atoms with Gasteiger partial charge in [0.15, 0.2) is 5.79 Å². The Kier molecular flexibility index (Phi) is 8.71. The van der Waals surface area contributed by atoms with Gasteiger partial charge in [0.25, 0.3) is 0 Å². The third kappa shape index (κ3) is 7.33. The number of carbonyl (C=O) groups excluding carboxylic acids is 1. The van der Waals surface area contributed by atoms with Crippen molar-refractivity contribution < 1.29 is 31.8 Å². The van der Waals surface area contributed by atoms with Crippen molar-refractivity contribution in [2.45, 2.75) is 64.4 Å². The van der Waals surface area contributed by atoms with Gasteiger partial charge in [-0.1, -0.05) is 26.0 Å². The molecule has 3 rings (SSSR count). The zero-order valence-corrected chi connectivity index (χ0v) is 23.0. The molecule has 1 fully saturated rings. The van der Waals surface area contributed by atoms with Crippen LogP contribution >= 0.6 is 0 Å². The molecule has 0 saturated carbocycles. The molecule has 1 aromatic carbocycles. The number of hydrogen-bond donors (Lipinski definition) is 0. The third-order valence-electron chi connectivity index (χ3n) is 5.89. The number of aromatic nitrogens is 2. The lowest BCUT2D eigenvalue weighted by atomic mass is 9.97. The number of halogens is 1. The first kappa shape index (κ1) is 28.7. The van der Waals surface area contributed by atoms with E-state index in [1.807, 2.05) is 26.0 Å². The molecule has 9 nitrogen and oxygen atoms in total. The highest BCUT2D eigenvalue weighted by atomic mass is 32.2. The Labute approximate surface area is 217 Å². The monoisotopic (exact) mass is 535 g/mol. The van der Waals surface area contributed by atoms with Crippen molar-refractivity contribution in [2.24, 2.45) is 0 Å². The number of carbonyl (C=O) groups is 1. The normalized spacial score (nSPS) is 19.8. The summed E-state index contributed by atoms with van der Waals surface area (Å²) >= 11 is 0. The summed E-state index contributed by atoms with van der Waals surface area (Å²) in [6.45, 7) is 7.44. The lowest BCUT2D eigenvalue weighted by Gasteiger charge is -2.39. The number of ether oxygens (including phenoxy) is 3. The average molecular weight is 536 g/mol. The number of methoxy groups -OCH3 is 1. The minimum atomic E-state index is -3.62. The zero-order valence-electron chi connectivity index (χ0n) is 22.2. The maximum Gasteiger partial charge on any atom is 0.308 e. The van der Waals surface area contributed by atoms with Crippen molar-refractivity contribution in [3.8, 4) is 11.3 Å². The molecule has 2 unspecified atom stereocenters. The number of benzene rings is 1. The van der Waals surface area contributed by atoms with Gasteiger partial charge in [0.05, 0.1) is 43.4 Å². The van der Waals surface area contributed by atoms with Crippen molar-refractivity contribution in [3.63, 3.8) is 0 Å². The predicted octanol–water partition coefficient (Wildman–Crippen LogP) is 4.29. The van der Waals surface area contributed by atoms with Gasteiger partial charge >= 0.3 is 5.97 Å². The van der Waals surface area contributed by atoms with Gasteiger partial charge in [0.1, 0.15) is 5.82 Å². The molecule has 0 radical (unpaired) electrons. The molecule has 0 aliphatic carbocycles. The molecular weight excluding hydrogens is 501 g/mol. The fourth-order valence-corrected chi connectivity index (χ4v) is 4.44. The first-order valence-electron chi connectivity index (χ1n) is 11.9. The fourth-order valence-electron chi connectivity index (χ4n) is 4.06. The quantitative estimate of drug-likeness (QED) is 0.461. The number of anilines is 1. The Morgan fingerprint density at radius 3 is 2.46 bits per heavy atom. The van der Waals surface area contributed by atoms with Crippen LogP contribution in [0.3, 0.4) is 0 Å². The highest BCUT2D eigenvalue weighted by Crippen LogP contribution is 2.34. The van der Waals surface area contributed by atoms with E-state index in [1.54, 1.807) is 26.0 Å². The van der Waals surface area contributed by atoms with Gasteiger partial charge in [0, 0.05) is 24.6 Å². The molecule has 1 aliphatic rings. The Morgan fingerprint density at radius 2 is 1.89 bits per heavy atom. The Bertz CT molecular complexity index is 1260. The summed E-state index contributed by atoms with van der Waals surface area (Å²) in [6, 6.07) is 5.82. The van der Waals surface area contributed by atoms with E-state index in [1.165, 1.54) is 26.3 Å². The molecule has 1 aliphatic heterocycles. The first-order valence-corrected chi connectivity index (χ1v) is 13.8. The summed E-state index contributed by atoms with van der Waals surface area (Å²) in [6.07, 6.45) is 4.50. The molecule has 1 aromatic heterocycles. The smallest absolute Gasteiger partial charge is 0.308 e. The molecule has 202 valence electrons. The van der Waals surface area contributed by atoms with Crippen molar-refractivity contribution in [1.82, 2.24) is 9.97 Å². The van der Waals surface area contributed by atoms with Crippen molar-refractivity contribution in [1.29, 1.82) is 0 Å². The Hall–Kier alpha value is -2.89. The van der Waals surface area contributed by atoms with Gasteiger partial charge in [-0.2, -0.15) is 0 Å². The van der Waals surface area contributed by atoms with Gasteiger partial charge in [-0.05, 0) is 44.0 Å². The SMILES string of the molecule is COC(=O)CC1CC(C=Cc2c(-c3ccc(F)cc3)nc(N(C)S(C)(=O)=O)nc2C(C)C)OC(C)(C)O1. The van der Waals surface area contributed by atoms with E-state index in [0.717, 1.165) is 10.6 Å². The van der Waals surface area contributed by atoms with Crippen LogP contribution in [0.2, 0.25) is 0 Å². The summed E-state index contributed by atoms with van der Waals surface area (Å²) in [5.41, 5.74) is 2.33. The second-order valence-electron chi connectivity index (χ2n) is 9.73. The largest absolute Gasteiger partial charge is 0.469 e. The first-order chi connectivity index (χ1) is 17.2. The van der Waals surface area contributed by atoms with E-state index in [9.17, 15) is 17.6 Å². The van der Waals surface area contributed by atoms with Crippen LogP contribution in [-0.4, -0.2) is 62.8 Å². The van der Waals surface area contributed by atoms with Crippen LogP contribution in [-0.2, 0) is 29.0 Å². The summed E-state index contributed by atoms with van der Waals surface area (Å²) in [5.74, 6) is -1.77. The lowest BCUT2D eigenvalue weighted by Crippen LogP contribution is -2.44. The number of esters is 1. The molecular formula is C26H34FN3O6S. The molecule has 1 saturated heterocycles. The molecule has 11 heteroatoms. The molecule has 0 N–H and O–H groups in total. The van der Waals surface area contributed by atoms with E-state index < -0.39 is 33.8 Å². The van der Waals surface area contributed by atoms with E-state index >= 15 is 0 Å². The van der Waals surface area contributed by atoms with Crippen LogP contribution in [0.15, 0.2) is 30.3 Å². The molecule has 0 spiro atoms. The third-order valence-corrected chi connectivity index (χ3v) is 7.05. The molecule has 0 amide bonds. The Morgan fingerprint density at radius 1 is 1.24 bits per heavy atom. The number of hydrogen-bond acceptors (Lipinski definition) is 8. The van der Waals surface area contributed by atoms with Crippen molar-refractivity contribution >= 4 is 28.0 Å². The average Bonchev–Trinajstić information content (AvgIpc) is 2.80. The standard InChI is InChI=1S/C26H34FN3O6S/c1-16(2)23-21(13-12-19-14-20(15-22(31)34-6)36-26(3,4)35-19)24(17-8-10-18(27)11-9-17)29-25(28-23)30(5)37(7,32)33/h8-13,16,19-20H,14-15H2,1-7H3. The van der Waals surface area contributed by atoms with Gasteiger partial charge in [0.2, 0.25) is 16.0 Å².